The quantitative estimate of drug-likeness (QED) is 0.134. The second-order valence-corrected chi connectivity index (χ2v) is 26.2. The molecule has 6 aliphatic rings. The van der Waals surface area contributed by atoms with Crippen molar-refractivity contribution in [3.8, 4) is 0 Å². The minimum Gasteiger partial charge on any atom is -0.444 e. The van der Waals surface area contributed by atoms with Gasteiger partial charge in [0.2, 0.25) is 11.2 Å². The predicted molar refractivity (Wildman–Crippen MR) is 331 cm³/mol. The molecule has 25 heteroatoms. The Morgan fingerprint density at radius 2 is 1.03 bits per heavy atom. The number of carbonyl (C=O) groups excluding carboxylic acids is 6. The van der Waals surface area contributed by atoms with Gasteiger partial charge in [0.1, 0.15) is 56.6 Å². The molecule has 6 aromatic heterocycles. The van der Waals surface area contributed by atoms with E-state index < -0.39 is 34.5 Å². The number of ether oxygens (including phenoxy) is 2. The molecule has 0 bridgehead atoms. The number of hydrogen-bond donors (Lipinski definition) is 2. The summed E-state index contributed by atoms with van der Waals surface area (Å²) in [6.45, 7) is 13.1. The smallest absolute Gasteiger partial charge is 0.411 e. The molecule has 2 spiro atoms. The normalized spacial score (nSPS) is 20.6. The van der Waals surface area contributed by atoms with Crippen LogP contribution in [0, 0.1) is 0 Å². The summed E-state index contributed by atoms with van der Waals surface area (Å²) in [6, 6.07) is 11.4. The third kappa shape index (κ3) is 12.7. The second-order valence-electron chi connectivity index (χ2n) is 25.9. The molecule has 6 aromatic rings. The Morgan fingerprint density at radius 3 is 1.46 bits per heavy atom. The van der Waals surface area contributed by atoms with Gasteiger partial charge in [-0.05, 0) is 154 Å². The van der Waals surface area contributed by atoms with E-state index in [-0.39, 0.29) is 35.0 Å². The van der Waals surface area contributed by atoms with E-state index in [1.807, 2.05) is 59.7 Å². The molecule has 464 valence electrons. The summed E-state index contributed by atoms with van der Waals surface area (Å²) in [4.78, 5) is 114. The molecule has 87 heavy (non-hydrogen) atoms. The van der Waals surface area contributed by atoms with Crippen LogP contribution in [0.1, 0.15) is 164 Å². The Hall–Kier alpha value is -8.15. The lowest BCUT2D eigenvalue weighted by molar-refractivity contribution is -0.126. The Labute approximate surface area is 512 Å². The summed E-state index contributed by atoms with van der Waals surface area (Å²) in [5.74, 6) is 1.11. The van der Waals surface area contributed by atoms with Crippen LogP contribution in [0.5, 0.6) is 0 Å². The molecule has 4 saturated heterocycles. The fraction of sp³-hybridized carbons (Fsp3) is 0.548. The van der Waals surface area contributed by atoms with Gasteiger partial charge in [0, 0.05) is 89.6 Å². The first-order valence-electron chi connectivity index (χ1n) is 30.2. The standard InChI is InChI=1S/C31H40N8O4.C17H24N4O3.C14H17ClN4O/c1-30(2,3)43-29(42)38-15-8-13-31(38)14-16-37(27(31)41)22-11-12-24(32-19-22)34-28-33-18-20-17-23(26(40)36(4)5)39(25(20)35-28)21-9-6-7-10-21;1-16(2,3)24-15(23)21-9-4-7-17(21)8-10-20(14(17)22)12-5-6-13(18)19-11-12;1-18(2)13(20)11-7-9-8-16-14(15)17-12(9)19(11)10-5-3-4-6-10/h11-12,17-19,21H,6-10,13-16H2,1-5H3,(H,32,33,34,35);5-6,11H,4,7-10H2,1-3H3,(H2,18,19);7-8,10H,3-6H2,1-2H3. The van der Waals surface area contributed by atoms with Gasteiger partial charge in [-0.15, -0.1) is 0 Å². The maximum Gasteiger partial charge on any atom is 0.411 e. The lowest BCUT2D eigenvalue weighted by Crippen LogP contribution is -2.54. The predicted octanol–water partition coefficient (Wildman–Crippen LogP) is 9.96. The van der Waals surface area contributed by atoms with Crippen molar-refractivity contribution in [3.05, 3.63) is 77.9 Å². The summed E-state index contributed by atoms with van der Waals surface area (Å²) in [7, 11) is 7.04. The van der Waals surface area contributed by atoms with Gasteiger partial charge in [0.25, 0.3) is 23.6 Å². The Bertz CT molecular complexity index is 3560. The number of nitrogen functional groups attached to an aromatic ring is 1. The van der Waals surface area contributed by atoms with Gasteiger partial charge in [-0.1, -0.05) is 25.7 Å². The van der Waals surface area contributed by atoms with Crippen LogP contribution < -0.4 is 20.9 Å². The number of likely N-dealkylation sites (tertiary alicyclic amines) is 2. The Balaban J connectivity index is 0.000000160. The zero-order valence-electron chi connectivity index (χ0n) is 51.6. The van der Waals surface area contributed by atoms with Gasteiger partial charge in [-0.3, -0.25) is 29.0 Å². The lowest BCUT2D eigenvalue weighted by atomic mass is 9.94. The Morgan fingerprint density at radius 1 is 0.586 bits per heavy atom. The molecule has 6 fully saturated rings. The van der Waals surface area contributed by atoms with Crippen molar-refractivity contribution in [2.45, 2.75) is 166 Å². The van der Waals surface area contributed by atoms with Crippen molar-refractivity contribution in [1.29, 1.82) is 0 Å². The molecule has 2 saturated carbocycles. The number of halogens is 1. The number of hydrogen-bond acceptors (Lipinski definition) is 16. The van der Waals surface area contributed by atoms with E-state index in [0.29, 0.717) is 98.3 Å². The van der Waals surface area contributed by atoms with Crippen molar-refractivity contribution in [3.63, 3.8) is 0 Å². The summed E-state index contributed by atoms with van der Waals surface area (Å²) in [5.41, 5.74) is 6.91. The number of aromatic nitrogens is 8. The molecule has 0 aromatic carbocycles. The van der Waals surface area contributed by atoms with E-state index in [2.05, 4.69) is 39.4 Å². The number of amides is 6. The number of fused-ring (bicyclic) bond motifs is 2. The molecular weight excluding hydrogens is 1130 g/mol. The molecule has 10 heterocycles. The van der Waals surface area contributed by atoms with Crippen LogP contribution in [0.4, 0.5) is 38.5 Å². The van der Waals surface area contributed by atoms with Crippen LogP contribution in [-0.2, 0) is 19.1 Å². The highest BCUT2D eigenvalue weighted by Crippen LogP contribution is 2.44. The summed E-state index contributed by atoms with van der Waals surface area (Å²) < 4.78 is 15.3. The second kappa shape index (κ2) is 24.6. The third-order valence-corrected chi connectivity index (χ3v) is 17.3. The SMILES string of the molecule is CC(C)(C)OC(=O)N1CCCC12CCN(c1ccc(N)nc1)C2=O.CN(C)C(=O)c1cc2cnc(Cl)nc2n1C1CCCC1.CN(C)C(=O)c1cc2cnc(Nc3ccc(N4CCC5(CCCN5C(=O)OC(C)(C)C)C4=O)cn3)nc2n1C1CCCC1. The van der Waals surface area contributed by atoms with Crippen molar-refractivity contribution in [2.24, 2.45) is 0 Å². The van der Waals surface area contributed by atoms with Crippen LogP contribution in [0.2, 0.25) is 5.28 Å². The lowest BCUT2D eigenvalue weighted by Gasteiger charge is -2.34. The molecule has 2 atom stereocenters. The van der Waals surface area contributed by atoms with E-state index in [9.17, 15) is 28.8 Å². The third-order valence-electron chi connectivity index (χ3n) is 17.1. The van der Waals surface area contributed by atoms with Crippen LogP contribution in [0.3, 0.4) is 0 Å². The monoisotopic (exact) mass is 1210 g/mol. The van der Waals surface area contributed by atoms with Crippen LogP contribution >= 0.6 is 11.6 Å². The molecule has 24 nitrogen and oxygen atoms in total. The minimum atomic E-state index is -0.871. The average Bonchev–Trinajstić information content (AvgIpc) is 2.99. The van der Waals surface area contributed by atoms with E-state index in [1.165, 1.54) is 12.8 Å². The minimum absolute atomic E-state index is 0.00831. The maximum absolute atomic E-state index is 13.7. The number of anilines is 5. The van der Waals surface area contributed by atoms with Crippen molar-refractivity contribution < 1.29 is 38.2 Å². The molecule has 6 amide bonds. The molecule has 3 N–H and O–H groups in total. The number of nitrogens with zero attached hydrogens (tertiary/aromatic N) is 14. The first-order valence-corrected chi connectivity index (χ1v) is 30.6. The van der Waals surface area contributed by atoms with Gasteiger partial charge in [-0.2, -0.15) is 9.97 Å². The van der Waals surface area contributed by atoms with Crippen molar-refractivity contribution in [2.75, 3.05) is 75.2 Å². The zero-order chi connectivity index (χ0) is 62.3. The molecular formula is C62H81ClN16O8. The molecule has 0 radical (unpaired) electrons. The summed E-state index contributed by atoms with van der Waals surface area (Å²) >= 11 is 5.92. The van der Waals surface area contributed by atoms with E-state index >= 15 is 0 Å². The summed E-state index contributed by atoms with van der Waals surface area (Å²) in [5, 5.41) is 5.09. The topological polar surface area (TPSA) is 266 Å². The van der Waals surface area contributed by atoms with Crippen molar-refractivity contribution >= 4 is 98.4 Å². The Kier molecular flexibility index (Phi) is 17.5. The highest BCUT2D eigenvalue weighted by atomic mass is 35.5. The zero-order valence-corrected chi connectivity index (χ0v) is 52.4. The molecule has 2 aliphatic carbocycles. The number of rotatable bonds is 8. The highest BCUT2D eigenvalue weighted by molar-refractivity contribution is 6.28. The van der Waals surface area contributed by atoms with Gasteiger partial charge < -0.3 is 49.3 Å². The van der Waals surface area contributed by atoms with Gasteiger partial charge in [-0.25, -0.2) is 29.5 Å². The van der Waals surface area contributed by atoms with Crippen LogP contribution in [-0.4, -0.2) is 171 Å². The van der Waals surface area contributed by atoms with E-state index in [4.69, 9.17) is 31.8 Å². The number of pyridine rings is 2. The van der Waals surface area contributed by atoms with E-state index in [1.54, 1.807) is 101 Å². The number of nitrogens with one attached hydrogen (secondary N) is 1. The highest BCUT2D eigenvalue weighted by Gasteiger charge is 2.57. The molecule has 12 rings (SSSR count). The van der Waals surface area contributed by atoms with Gasteiger partial charge in [0.05, 0.1) is 23.8 Å². The van der Waals surface area contributed by atoms with Gasteiger partial charge in [0.15, 0.2) is 0 Å². The van der Waals surface area contributed by atoms with Gasteiger partial charge >= 0.3 is 12.2 Å². The maximum atomic E-state index is 13.7. The van der Waals surface area contributed by atoms with Crippen molar-refractivity contribution in [1.82, 2.24) is 58.6 Å². The number of carbonyl (C=O) groups is 6. The molecule has 2 unspecified atom stereocenters. The largest absolute Gasteiger partial charge is 0.444 e. The average molecular weight is 1210 g/mol. The van der Waals surface area contributed by atoms with Crippen LogP contribution in [0.25, 0.3) is 22.1 Å². The number of nitrogens with two attached hydrogens (primary N) is 1. The molecule has 4 aliphatic heterocycles. The fourth-order valence-corrected chi connectivity index (χ4v) is 13.2. The first kappa shape index (κ1) is 61.9. The summed E-state index contributed by atoms with van der Waals surface area (Å²) in [6.07, 6.45) is 18.7. The fourth-order valence-electron chi connectivity index (χ4n) is 13.1. The first-order chi connectivity index (χ1) is 41.3. The van der Waals surface area contributed by atoms with E-state index in [0.717, 1.165) is 73.4 Å². The van der Waals surface area contributed by atoms with Crippen LogP contribution in [0.15, 0.2) is 61.2 Å².